The van der Waals surface area contributed by atoms with Crippen molar-refractivity contribution in [2.45, 2.75) is 18.2 Å². The van der Waals surface area contributed by atoms with E-state index in [0.29, 0.717) is 57.0 Å². The van der Waals surface area contributed by atoms with Crippen molar-refractivity contribution < 1.29 is 22.7 Å². The van der Waals surface area contributed by atoms with Gasteiger partial charge in [0, 0.05) is 38.9 Å². The summed E-state index contributed by atoms with van der Waals surface area (Å²) < 4.78 is 37.1. The lowest BCUT2D eigenvalue weighted by molar-refractivity contribution is 0.0730. The highest BCUT2D eigenvalue weighted by molar-refractivity contribution is 7.89. The van der Waals surface area contributed by atoms with E-state index in [1.54, 1.807) is 26.2 Å². The van der Waals surface area contributed by atoms with E-state index in [-0.39, 0.29) is 10.8 Å². The molecule has 8 heteroatoms. The SMILES string of the molecule is COCCCNC(=O)c1ccc(C)c(S(=O)(=O)N2CCOCC2)c1. The molecule has 1 aliphatic rings. The van der Waals surface area contributed by atoms with Crippen molar-refractivity contribution >= 4 is 15.9 Å². The Morgan fingerprint density at radius 2 is 2.04 bits per heavy atom. The van der Waals surface area contributed by atoms with Crippen LogP contribution in [0, 0.1) is 6.92 Å². The number of carbonyl (C=O) groups is 1. The highest BCUT2D eigenvalue weighted by Gasteiger charge is 2.28. The third-order valence-corrected chi connectivity index (χ3v) is 5.89. The van der Waals surface area contributed by atoms with E-state index < -0.39 is 10.0 Å². The molecule has 0 radical (unpaired) electrons. The molecule has 24 heavy (non-hydrogen) atoms. The van der Waals surface area contributed by atoms with E-state index in [2.05, 4.69) is 5.32 Å². The molecular weight excluding hydrogens is 332 g/mol. The third kappa shape index (κ3) is 4.54. The predicted molar refractivity (Wildman–Crippen MR) is 89.6 cm³/mol. The lowest BCUT2D eigenvalue weighted by atomic mass is 10.1. The molecule has 1 saturated heterocycles. The quantitative estimate of drug-likeness (QED) is 0.730. The van der Waals surface area contributed by atoms with Crippen LogP contribution >= 0.6 is 0 Å². The molecule has 134 valence electrons. The Labute approximate surface area is 143 Å². The molecule has 1 aliphatic heterocycles. The summed E-state index contributed by atoms with van der Waals surface area (Å²) in [6.07, 6.45) is 0.701. The number of carbonyl (C=O) groups excluding carboxylic acids is 1. The Bertz CT molecular complexity index is 669. The average molecular weight is 356 g/mol. The van der Waals surface area contributed by atoms with Crippen LogP contribution in [0.1, 0.15) is 22.3 Å². The highest BCUT2D eigenvalue weighted by Crippen LogP contribution is 2.22. The van der Waals surface area contributed by atoms with Crippen LogP contribution < -0.4 is 5.32 Å². The van der Waals surface area contributed by atoms with Gasteiger partial charge in [0.05, 0.1) is 18.1 Å². The Morgan fingerprint density at radius 1 is 1.33 bits per heavy atom. The lowest BCUT2D eigenvalue weighted by Crippen LogP contribution is -2.41. The maximum atomic E-state index is 12.8. The van der Waals surface area contributed by atoms with E-state index >= 15 is 0 Å². The number of hydrogen-bond donors (Lipinski definition) is 1. The average Bonchev–Trinajstić information content (AvgIpc) is 2.59. The zero-order valence-electron chi connectivity index (χ0n) is 14.1. The van der Waals surface area contributed by atoms with Crippen LogP contribution in [0.3, 0.4) is 0 Å². The molecule has 1 aromatic carbocycles. The van der Waals surface area contributed by atoms with Crippen molar-refractivity contribution in [2.75, 3.05) is 46.6 Å². The van der Waals surface area contributed by atoms with Gasteiger partial charge < -0.3 is 14.8 Å². The van der Waals surface area contributed by atoms with Gasteiger partial charge in [0.15, 0.2) is 0 Å². The van der Waals surface area contributed by atoms with Crippen LogP contribution in [-0.2, 0) is 19.5 Å². The van der Waals surface area contributed by atoms with Crippen molar-refractivity contribution in [1.29, 1.82) is 0 Å². The highest BCUT2D eigenvalue weighted by atomic mass is 32.2. The number of rotatable bonds is 7. The second-order valence-electron chi connectivity index (χ2n) is 5.60. The molecule has 1 aromatic rings. The molecule has 7 nitrogen and oxygen atoms in total. The monoisotopic (exact) mass is 356 g/mol. The number of aryl methyl sites for hydroxylation is 1. The smallest absolute Gasteiger partial charge is 0.251 e. The summed E-state index contributed by atoms with van der Waals surface area (Å²) in [4.78, 5) is 12.4. The molecule has 1 amide bonds. The first-order valence-corrected chi connectivity index (χ1v) is 9.36. The van der Waals surface area contributed by atoms with Gasteiger partial charge in [-0.2, -0.15) is 4.31 Å². The van der Waals surface area contributed by atoms with Gasteiger partial charge >= 0.3 is 0 Å². The molecule has 0 saturated carbocycles. The van der Waals surface area contributed by atoms with E-state index in [1.807, 2.05) is 0 Å². The summed E-state index contributed by atoms with van der Waals surface area (Å²) in [6.45, 7) is 4.20. The Morgan fingerprint density at radius 3 is 2.71 bits per heavy atom. The number of methoxy groups -OCH3 is 1. The minimum absolute atomic E-state index is 0.175. The summed E-state index contributed by atoms with van der Waals surface area (Å²) in [5.74, 6) is -0.287. The van der Waals surface area contributed by atoms with Crippen molar-refractivity contribution in [1.82, 2.24) is 9.62 Å². The fourth-order valence-electron chi connectivity index (χ4n) is 2.47. The Kier molecular flexibility index (Phi) is 6.73. The van der Waals surface area contributed by atoms with Crippen LogP contribution in [0.2, 0.25) is 0 Å². The molecule has 1 N–H and O–H groups in total. The van der Waals surface area contributed by atoms with Crippen LogP contribution in [0.4, 0.5) is 0 Å². The van der Waals surface area contributed by atoms with E-state index in [9.17, 15) is 13.2 Å². The first-order chi connectivity index (χ1) is 11.5. The first kappa shape index (κ1) is 18.9. The maximum Gasteiger partial charge on any atom is 0.251 e. The van der Waals surface area contributed by atoms with Crippen LogP contribution in [0.25, 0.3) is 0 Å². The number of benzene rings is 1. The fourth-order valence-corrected chi connectivity index (χ4v) is 4.12. The van der Waals surface area contributed by atoms with Gasteiger partial charge in [0.1, 0.15) is 0 Å². The van der Waals surface area contributed by atoms with Gasteiger partial charge in [-0.1, -0.05) is 6.07 Å². The fraction of sp³-hybridized carbons (Fsp3) is 0.562. The minimum Gasteiger partial charge on any atom is -0.385 e. The Balaban J connectivity index is 2.17. The molecule has 0 atom stereocenters. The van der Waals surface area contributed by atoms with Gasteiger partial charge in [-0.05, 0) is 31.0 Å². The zero-order valence-corrected chi connectivity index (χ0v) is 14.9. The summed E-state index contributed by atoms with van der Waals surface area (Å²) in [5, 5.41) is 2.76. The van der Waals surface area contributed by atoms with Gasteiger partial charge in [0.25, 0.3) is 5.91 Å². The van der Waals surface area contributed by atoms with Gasteiger partial charge in [-0.15, -0.1) is 0 Å². The molecule has 0 unspecified atom stereocenters. The number of hydrogen-bond acceptors (Lipinski definition) is 5. The molecule has 0 aliphatic carbocycles. The molecule has 0 bridgehead atoms. The number of morpholine rings is 1. The van der Waals surface area contributed by atoms with Crippen molar-refractivity contribution in [3.63, 3.8) is 0 Å². The van der Waals surface area contributed by atoms with Crippen LogP contribution in [0.15, 0.2) is 23.1 Å². The van der Waals surface area contributed by atoms with E-state index in [0.717, 1.165) is 0 Å². The molecule has 1 heterocycles. The number of nitrogens with one attached hydrogen (secondary N) is 1. The Hall–Kier alpha value is -1.48. The number of nitrogens with zero attached hydrogens (tertiary/aromatic N) is 1. The van der Waals surface area contributed by atoms with Crippen molar-refractivity contribution in [3.8, 4) is 0 Å². The second-order valence-corrected chi connectivity index (χ2v) is 7.51. The minimum atomic E-state index is -3.62. The zero-order chi connectivity index (χ0) is 17.6. The molecule has 0 aromatic heterocycles. The maximum absolute atomic E-state index is 12.8. The molecule has 0 spiro atoms. The number of amides is 1. The van der Waals surface area contributed by atoms with Gasteiger partial charge in [-0.3, -0.25) is 4.79 Å². The van der Waals surface area contributed by atoms with Crippen LogP contribution in [-0.4, -0.2) is 65.2 Å². The van der Waals surface area contributed by atoms with E-state index in [1.165, 1.54) is 10.4 Å². The largest absolute Gasteiger partial charge is 0.385 e. The van der Waals surface area contributed by atoms with Crippen molar-refractivity contribution in [2.24, 2.45) is 0 Å². The molecule has 2 rings (SSSR count). The summed E-state index contributed by atoms with van der Waals surface area (Å²) in [5.41, 5.74) is 0.960. The lowest BCUT2D eigenvalue weighted by Gasteiger charge is -2.26. The molecule has 1 fully saturated rings. The first-order valence-electron chi connectivity index (χ1n) is 7.92. The molecular formula is C16H24N2O5S. The summed E-state index contributed by atoms with van der Waals surface area (Å²) in [6, 6.07) is 4.75. The second kappa shape index (κ2) is 8.57. The van der Waals surface area contributed by atoms with Gasteiger partial charge in [-0.25, -0.2) is 8.42 Å². The predicted octanol–water partition coefficient (Wildman–Crippen LogP) is 0.782. The number of ether oxygens (including phenoxy) is 2. The van der Waals surface area contributed by atoms with Gasteiger partial charge in [0.2, 0.25) is 10.0 Å². The van der Waals surface area contributed by atoms with Crippen LogP contribution in [0.5, 0.6) is 0 Å². The summed E-state index contributed by atoms with van der Waals surface area (Å²) >= 11 is 0. The van der Waals surface area contributed by atoms with Crippen molar-refractivity contribution in [3.05, 3.63) is 29.3 Å². The topological polar surface area (TPSA) is 84.9 Å². The summed E-state index contributed by atoms with van der Waals surface area (Å²) in [7, 11) is -2.02. The standard InChI is InChI=1S/C16H24N2O5S/c1-13-4-5-14(16(19)17-6-3-9-22-2)12-15(13)24(20,21)18-7-10-23-11-8-18/h4-5,12H,3,6-11H2,1-2H3,(H,17,19). The number of sulfonamides is 1. The van der Waals surface area contributed by atoms with E-state index in [4.69, 9.17) is 9.47 Å². The third-order valence-electron chi connectivity index (χ3n) is 3.85. The normalized spacial score (nSPS) is 16.1.